The maximum Gasteiger partial charge on any atom is 0.267 e. The van der Waals surface area contributed by atoms with Crippen molar-refractivity contribution < 1.29 is 4.79 Å². The van der Waals surface area contributed by atoms with E-state index in [1.54, 1.807) is 21.6 Å². The molecular weight excluding hydrogens is 539 g/mol. The number of amides is 1. The van der Waals surface area contributed by atoms with Gasteiger partial charge < -0.3 is 4.90 Å². The highest BCUT2D eigenvalue weighted by molar-refractivity contribution is 8.26. The summed E-state index contributed by atoms with van der Waals surface area (Å²) < 4.78 is 2.12. The Hall–Kier alpha value is -3.01. The molecule has 0 N–H and O–H groups in total. The first-order valence-electron chi connectivity index (χ1n) is 14.3. The molecular formula is C31H37N5O2S2. The van der Waals surface area contributed by atoms with Gasteiger partial charge in [-0.15, -0.1) is 0 Å². The molecule has 0 aliphatic carbocycles. The topological polar surface area (TPSA) is 61.2 Å². The SMILES string of the molecule is CCCC[C@@H](CC)CN1C(=O)/C(=C/c2c(N3CCN(Cc4ccccc4)CC3)nc3ccccn3c2=O)SC1=S. The van der Waals surface area contributed by atoms with Crippen molar-refractivity contribution in [3.05, 3.63) is 81.1 Å². The van der Waals surface area contributed by atoms with E-state index < -0.39 is 0 Å². The molecule has 40 heavy (non-hydrogen) atoms. The van der Waals surface area contributed by atoms with Gasteiger partial charge in [-0.05, 0) is 36.1 Å². The van der Waals surface area contributed by atoms with Crippen molar-refractivity contribution in [1.29, 1.82) is 0 Å². The van der Waals surface area contributed by atoms with Gasteiger partial charge in [-0.2, -0.15) is 0 Å². The monoisotopic (exact) mass is 575 g/mol. The zero-order valence-electron chi connectivity index (χ0n) is 23.3. The maximum absolute atomic E-state index is 13.8. The fourth-order valence-electron chi connectivity index (χ4n) is 5.38. The first-order valence-corrected chi connectivity index (χ1v) is 15.5. The summed E-state index contributed by atoms with van der Waals surface area (Å²) >= 11 is 6.93. The van der Waals surface area contributed by atoms with Crippen LogP contribution in [0.1, 0.15) is 50.7 Å². The zero-order chi connectivity index (χ0) is 28.1. The number of nitrogens with zero attached hydrogens (tertiary/aromatic N) is 5. The number of fused-ring (bicyclic) bond motifs is 1. The first-order chi connectivity index (χ1) is 19.5. The number of thioether (sulfide) groups is 1. The summed E-state index contributed by atoms with van der Waals surface area (Å²) in [4.78, 5) is 39.0. The molecule has 0 radical (unpaired) electrons. The Morgan fingerprint density at radius 3 is 2.50 bits per heavy atom. The lowest BCUT2D eigenvalue weighted by Crippen LogP contribution is -2.47. The third-order valence-corrected chi connectivity index (χ3v) is 9.18. The summed E-state index contributed by atoms with van der Waals surface area (Å²) in [6.45, 7) is 9.11. The lowest BCUT2D eigenvalue weighted by atomic mass is 9.99. The smallest absolute Gasteiger partial charge is 0.267 e. The number of unbranched alkanes of at least 4 members (excludes halogenated alkanes) is 1. The van der Waals surface area contributed by atoms with Gasteiger partial charge in [-0.3, -0.25) is 23.8 Å². The van der Waals surface area contributed by atoms with Crippen LogP contribution in [-0.4, -0.2) is 62.1 Å². The van der Waals surface area contributed by atoms with Crippen molar-refractivity contribution in [2.45, 2.75) is 46.1 Å². The number of pyridine rings is 1. The van der Waals surface area contributed by atoms with Crippen LogP contribution in [-0.2, 0) is 11.3 Å². The fourth-order valence-corrected chi connectivity index (χ4v) is 6.64. The van der Waals surface area contributed by atoms with Gasteiger partial charge in [0, 0.05) is 45.5 Å². The van der Waals surface area contributed by atoms with E-state index in [0.29, 0.717) is 38.7 Å². The van der Waals surface area contributed by atoms with Crippen LogP contribution in [0.4, 0.5) is 5.82 Å². The highest BCUT2D eigenvalue weighted by Crippen LogP contribution is 2.35. The molecule has 210 valence electrons. The van der Waals surface area contributed by atoms with Crippen molar-refractivity contribution in [2.75, 3.05) is 37.6 Å². The Kier molecular flexibility index (Phi) is 9.34. The number of hydrogen-bond acceptors (Lipinski definition) is 7. The van der Waals surface area contributed by atoms with Crippen molar-refractivity contribution in [3.63, 3.8) is 0 Å². The molecule has 2 aliphatic rings. The predicted molar refractivity (Wildman–Crippen MR) is 169 cm³/mol. The molecule has 2 fully saturated rings. The lowest BCUT2D eigenvalue weighted by molar-refractivity contribution is -0.122. The predicted octanol–water partition coefficient (Wildman–Crippen LogP) is 5.43. The summed E-state index contributed by atoms with van der Waals surface area (Å²) in [6, 6.07) is 16.0. The minimum Gasteiger partial charge on any atom is -0.353 e. The number of aromatic nitrogens is 2. The summed E-state index contributed by atoms with van der Waals surface area (Å²) in [6.07, 6.45) is 7.83. The molecule has 0 unspecified atom stereocenters. The first kappa shape index (κ1) is 28.5. The molecule has 1 amide bonds. The quantitative estimate of drug-likeness (QED) is 0.236. The third kappa shape index (κ3) is 6.32. The molecule has 7 nitrogen and oxygen atoms in total. The molecule has 2 aliphatic heterocycles. The van der Waals surface area contributed by atoms with Crippen molar-refractivity contribution in [2.24, 2.45) is 5.92 Å². The van der Waals surface area contributed by atoms with E-state index in [1.165, 1.54) is 17.3 Å². The Morgan fingerprint density at radius 2 is 1.77 bits per heavy atom. The van der Waals surface area contributed by atoms with Crippen LogP contribution in [0.15, 0.2) is 64.4 Å². The molecule has 4 heterocycles. The second-order valence-electron chi connectivity index (χ2n) is 10.5. The van der Waals surface area contributed by atoms with E-state index in [2.05, 4.69) is 47.9 Å². The summed E-state index contributed by atoms with van der Waals surface area (Å²) in [5.74, 6) is 0.939. The number of benzene rings is 1. The van der Waals surface area contributed by atoms with Gasteiger partial charge in [0.15, 0.2) is 0 Å². The Balaban J connectivity index is 1.42. The van der Waals surface area contributed by atoms with Gasteiger partial charge >= 0.3 is 0 Å². The van der Waals surface area contributed by atoms with Crippen LogP contribution in [0.25, 0.3) is 11.7 Å². The molecule has 3 aromatic rings. The molecule has 0 bridgehead atoms. The number of thiocarbonyl (C=S) groups is 1. The average molecular weight is 576 g/mol. The van der Waals surface area contributed by atoms with Gasteiger partial charge in [0.2, 0.25) is 0 Å². The molecule has 9 heteroatoms. The van der Waals surface area contributed by atoms with E-state index >= 15 is 0 Å². The highest BCUT2D eigenvalue weighted by Gasteiger charge is 2.34. The maximum atomic E-state index is 13.8. The molecule has 0 spiro atoms. The minimum atomic E-state index is -0.174. The molecule has 5 rings (SSSR count). The minimum absolute atomic E-state index is 0.110. The summed E-state index contributed by atoms with van der Waals surface area (Å²) in [5, 5.41) is 0. The van der Waals surface area contributed by atoms with Gasteiger partial charge in [0.05, 0.1) is 10.5 Å². The standard InChI is InChI=1S/C31H37N5O2S2/c1-3-5-11-23(4-2)22-36-30(38)26(40-31(36)39)20-25-28(32-27-14-9-10-15-35(27)29(25)37)34-18-16-33(17-19-34)21-24-12-7-6-8-13-24/h6-10,12-15,20,23H,3-5,11,16-19,21-22H2,1-2H3/b26-20-/t23-/m1/s1. The van der Waals surface area contributed by atoms with Crippen LogP contribution < -0.4 is 10.5 Å². The zero-order valence-corrected chi connectivity index (χ0v) is 24.9. The molecule has 0 saturated carbocycles. The van der Waals surface area contributed by atoms with E-state index in [4.69, 9.17) is 17.2 Å². The summed E-state index contributed by atoms with van der Waals surface area (Å²) in [5.41, 5.74) is 2.16. The molecule has 1 atom stereocenters. The van der Waals surface area contributed by atoms with E-state index in [0.717, 1.165) is 58.4 Å². The Labute approximate surface area is 245 Å². The van der Waals surface area contributed by atoms with Crippen molar-refractivity contribution >= 4 is 51.7 Å². The second-order valence-corrected chi connectivity index (χ2v) is 12.2. The highest BCUT2D eigenvalue weighted by atomic mass is 32.2. The molecule has 2 aromatic heterocycles. The van der Waals surface area contributed by atoms with Crippen LogP contribution in [0, 0.1) is 5.92 Å². The van der Waals surface area contributed by atoms with Crippen LogP contribution in [0.5, 0.6) is 0 Å². The van der Waals surface area contributed by atoms with Crippen LogP contribution in [0.3, 0.4) is 0 Å². The van der Waals surface area contributed by atoms with Crippen LogP contribution >= 0.6 is 24.0 Å². The van der Waals surface area contributed by atoms with Gasteiger partial charge in [-0.25, -0.2) is 4.98 Å². The van der Waals surface area contributed by atoms with E-state index in [9.17, 15) is 9.59 Å². The number of hydrogen-bond donors (Lipinski definition) is 0. The van der Waals surface area contributed by atoms with Crippen molar-refractivity contribution in [3.8, 4) is 0 Å². The third-order valence-electron chi connectivity index (χ3n) is 7.80. The number of piperazine rings is 1. The number of anilines is 1. The largest absolute Gasteiger partial charge is 0.353 e. The number of carbonyl (C=O) groups is 1. The molecule has 2 saturated heterocycles. The van der Waals surface area contributed by atoms with Gasteiger partial charge in [-0.1, -0.05) is 93.5 Å². The number of carbonyl (C=O) groups excluding carboxylic acids is 1. The van der Waals surface area contributed by atoms with Gasteiger partial charge in [0.25, 0.3) is 11.5 Å². The lowest BCUT2D eigenvalue weighted by Gasteiger charge is -2.36. The normalized spacial score (nSPS) is 18.3. The Morgan fingerprint density at radius 1 is 1.02 bits per heavy atom. The second kappa shape index (κ2) is 13.1. The average Bonchev–Trinajstić information content (AvgIpc) is 3.24. The molecule has 1 aromatic carbocycles. The van der Waals surface area contributed by atoms with E-state index in [-0.39, 0.29) is 11.5 Å². The fraction of sp³-hybridized carbons (Fsp3) is 0.419. The van der Waals surface area contributed by atoms with Crippen molar-refractivity contribution in [1.82, 2.24) is 19.2 Å². The van der Waals surface area contributed by atoms with E-state index in [1.807, 2.05) is 24.3 Å². The van der Waals surface area contributed by atoms with Crippen LogP contribution in [0.2, 0.25) is 0 Å². The Bertz CT molecular complexity index is 1450. The number of rotatable bonds is 10. The van der Waals surface area contributed by atoms with Gasteiger partial charge in [0.1, 0.15) is 15.8 Å². The summed E-state index contributed by atoms with van der Waals surface area (Å²) in [7, 11) is 0.